The van der Waals surface area contributed by atoms with Crippen molar-refractivity contribution in [2.24, 2.45) is 11.5 Å². The van der Waals surface area contributed by atoms with E-state index < -0.39 is 11.8 Å². The lowest BCUT2D eigenvalue weighted by Gasteiger charge is -2.27. The van der Waals surface area contributed by atoms with E-state index in [0.717, 1.165) is 66.0 Å². The molecule has 0 radical (unpaired) electrons. The number of benzene rings is 1. The second-order valence-electron chi connectivity index (χ2n) is 10.2. The maximum Gasteiger partial charge on any atom is 0.508 e. The maximum absolute atomic E-state index is 12.5. The topological polar surface area (TPSA) is 105 Å². The van der Waals surface area contributed by atoms with Crippen molar-refractivity contribution >= 4 is 11.9 Å². The number of allylic oxidation sites excluding steroid dienone is 4. The molecule has 0 atom stereocenters. The average molecular weight is 523 g/mol. The molecule has 0 aliphatic rings. The molecule has 4 N–H and O–H groups in total. The minimum absolute atomic E-state index is 0.286. The third kappa shape index (κ3) is 8.82. The van der Waals surface area contributed by atoms with Gasteiger partial charge in [-0.2, -0.15) is 0 Å². The lowest BCUT2D eigenvalue weighted by molar-refractivity contribution is -0.0248. The summed E-state index contributed by atoms with van der Waals surface area (Å²) in [6.07, 6.45) is 11.6. The summed E-state index contributed by atoms with van der Waals surface area (Å²) in [5.41, 5.74) is 16.9. The van der Waals surface area contributed by atoms with Crippen molar-refractivity contribution in [2.45, 2.75) is 92.2 Å². The van der Waals surface area contributed by atoms with Crippen molar-refractivity contribution in [3.63, 3.8) is 0 Å². The van der Waals surface area contributed by atoms with Crippen LogP contribution < -0.4 is 11.5 Å². The molecule has 7 nitrogen and oxygen atoms in total. The van der Waals surface area contributed by atoms with Crippen LogP contribution in [0.5, 0.6) is 0 Å². The summed E-state index contributed by atoms with van der Waals surface area (Å²) in [6, 6.07) is 8.25. The van der Waals surface area contributed by atoms with E-state index in [1.54, 1.807) is 6.08 Å². The van der Waals surface area contributed by atoms with Gasteiger partial charge >= 0.3 is 6.16 Å². The van der Waals surface area contributed by atoms with Gasteiger partial charge in [0.05, 0.1) is 24.5 Å². The zero-order valence-electron chi connectivity index (χ0n) is 24.0. The monoisotopic (exact) mass is 522 g/mol. The molecule has 0 saturated heterocycles. The quantitative estimate of drug-likeness (QED) is 0.157. The van der Waals surface area contributed by atoms with Crippen molar-refractivity contribution < 1.29 is 14.3 Å². The van der Waals surface area contributed by atoms with Crippen LogP contribution in [0, 0.1) is 6.92 Å². The van der Waals surface area contributed by atoms with Gasteiger partial charge in [0.1, 0.15) is 17.1 Å². The fraction of sp³-hybridized carbons (Fsp3) is 0.484. The van der Waals surface area contributed by atoms with Gasteiger partial charge in [-0.1, -0.05) is 56.7 Å². The summed E-state index contributed by atoms with van der Waals surface area (Å²) in [4.78, 5) is 17.6. The van der Waals surface area contributed by atoms with Gasteiger partial charge in [0.25, 0.3) is 0 Å². The van der Waals surface area contributed by atoms with Crippen molar-refractivity contribution in [3.05, 3.63) is 71.3 Å². The number of aromatic nitrogens is 2. The largest absolute Gasteiger partial charge is 0.508 e. The number of hydrogen-bond donors (Lipinski definition) is 2. The van der Waals surface area contributed by atoms with Gasteiger partial charge in [0.2, 0.25) is 0 Å². The van der Waals surface area contributed by atoms with Crippen LogP contribution in [-0.4, -0.2) is 27.9 Å². The SMILES string of the molecule is CCCCc1nc(C(N)=C(C)CC)c(-c2ccccc2C)n1CC(C)(C)OC(=O)OCCC/C=C\C=C/N. The Kier molecular flexibility index (Phi) is 12.2. The van der Waals surface area contributed by atoms with Gasteiger partial charge in [-0.05, 0) is 76.8 Å². The Morgan fingerprint density at radius 2 is 1.89 bits per heavy atom. The summed E-state index contributed by atoms with van der Waals surface area (Å²) >= 11 is 0. The molecule has 2 rings (SSSR count). The van der Waals surface area contributed by atoms with E-state index >= 15 is 0 Å². The molecule has 0 amide bonds. The second-order valence-corrected chi connectivity index (χ2v) is 10.2. The molecule has 0 saturated carbocycles. The van der Waals surface area contributed by atoms with Gasteiger partial charge in [-0.25, -0.2) is 9.78 Å². The Balaban J connectivity index is 2.39. The summed E-state index contributed by atoms with van der Waals surface area (Å²) in [5.74, 6) is 0.940. The average Bonchev–Trinajstić information content (AvgIpc) is 3.22. The van der Waals surface area contributed by atoms with Gasteiger partial charge in [-0.3, -0.25) is 0 Å². The zero-order chi connectivity index (χ0) is 28.1. The summed E-state index contributed by atoms with van der Waals surface area (Å²) in [6.45, 7) is 12.9. The van der Waals surface area contributed by atoms with Crippen LogP contribution in [0.4, 0.5) is 4.79 Å². The van der Waals surface area contributed by atoms with E-state index in [1.165, 1.54) is 6.20 Å². The first-order valence-corrected chi connectivity index (χ1v) is 13.6. The molecular formula is C31H46N4O3. The predicted molar refractivity (Wildman–Crippen MR) is 156 cm³/mol. The standard InChI is InChI=1S/C31H46N4O3/c1-7-9-19-26-34-28(27(33)23(3)8-2)29(25-18-14-13-17-24(25)4)35(26)22-31(5,6)38-30(36)37-21-16-12-10-11-15-20-32/h10-11,13-15,17-18,20H,7-9,12,16,19,21-22,32-33H2,1-6H3/b11-10-,20-15-,27-23?. The number of rotatable bonds is 14. The Morgan fingerprint density at radius 3 is 2.55 bits per heavy atom. The number of carbonyl (C=O) groups excluding carboxylic acids is 1. The molecule has 1 heterocycles. The first-order valence-electron chi connectivity index (χ1n) is 13.6. The van der Waals surface area contributed by atoms with Crippen molar-refractivity contribution in [1.29, 1.82) is 0 Å². The highest BCUT2D eigenvalue weighted by Crippen LogP contribution is 2.34. The summed E-state index contributed by atoms with van der Waals surface area (Å²) in [5, 5.41) is 0. The first kappa shape index (κ1) is 30.7. The lowest BCUT2D eigenvalue weighted by Crippen LogP contribution is -2.34. The van der Waals surface area contributed by atoms with Crippen molar-refractivity contribution in [1.82, 2.24) is 9.55 Å². The molecule has 7 heteroatoms. The van der Waals surface area contributed by atoms with Crippen LogP contribution in [0.15, 0.2) is 54.3 Å². The molecule has 0 aliphatic carbocycles. The Bertz CT molecular complexity index is 1140. The van der Waals surface area contributed by atoms with Crippen LogP contribution in [0.3, 0.4) is 0 Å². The van der Waals surface area contributed by atoms with Crippen LogP contribution in [0.2, 0.25) is 0 Å². The van der Waals surface area contributed by atoms with Crippen LogP contribution in [0.25, 0.3) is 17.0 Å². The minimum Gasteiger partial charge on any atom is -0.434 e. The van der Waals surface area contributed by atoms with E-state index in [1.807, 2.05) is 38.1 Å². The zero-order valence-corrected chi connectivity index (χ0v) is 24.0. The van der Waals surface area contributed by atoms with Crippen LogP contribution >= 0.6 is 0 Å². The highest BCUT2D eigenvalue weighted by atomic mass is 16.7. The molecular weight excluding hydrogens is 476 g/mol. The first-order chi connectivity index (χ1) is 18.1. The number of nitrogens with two attached hydrogens (primary N) is 2. The van der Waals surface area contributed by atoms with Gasteiger partial charge in [0, 0.05) is 12.0 Å². The van der Waals surface area contributed by atoms with Gasteiger partial charge in [-0.15, -0.1) is 0 Å². The molecule has 0 aliphatic heterocycles. The fourth-order valence-electron chi connectivity index (χ4n) is 4.15. The molecule has 1 aromatic carbocycles. The molecule has 0 spiro atoms. The second kappa shape index (κ2) is 15.1. The van der Waals surface area contributed by atoms with Gasteiger partial charge in [0.15, 0.2) is 0 Å². The van der Waals surface area contributed by atoms with Crippen molar-refractivity contribution in [2.75, 3.05) is 6.61 Å². The summed E-state index contributed by atoms with van der Waals surface area (Å²) in [7, 11) is 0. The van der Waals surface area contributed by atoms with Crippen LogP contribution in [0.1, 0.15) is 83.8 Å². The Labute approximate surface area is 228 Å². The fourth-order valence-corrected chi connectivity index (χ4v) is 4.15. The molecule has 208 valence electrons. The molecule has 0 fully saturated rings. The molecule has 2 aromatic rings. The van der Waals surface area contributed by atoms with E-state index in [4.69, 9.17) is 25.9 Å². The highest BCUT2D eigenvalue weighted by Gasteiger charge is 2.30. The number of carbonyl (C=O) groups is 1. The third-order valence-electron chi connectivity index (χ3n) is 6.44. The van der Waals surface area contributed by atoms with E-state index in [0.29, 0.717) is 18.7 Å². The number of imidazole rings is 1. The molecule has 0 unspecified atom stereocenters. The summed E-state index contributed by atoms with van der Waals surface area (Å²) < 4.78 is 13.3. The smallest absolute Gasteiger partial charge is 0.434 e. The Hall–Kier alpha value is -3.48. The number of unbranched alkanes of at least 4 members (excludes halogenated alkanes) is 2. The van der Waals surface area contributed by atoms with Gasteiger partial charge < -0.3 is 25.5 Å². The Morgan fingerprint density at radius 1 is 1.16 bits per heavy atom. The highest BCUT2D eigenvalue weighted by molar-refractivity contribution is 5.79. The van der Waals surface area contributed by atoms with Crippen molar-refractivity contribution in [3.8, 4) is 11.3 Å². The normalized spacial score (nSPS) is 12.8. The van der Waals surface area contributed by atoms with E-state index in [2.05, 4.69) is 44.4 Å². The predicted octanol–water partition coefficient (Wildman–Crippen LogP) is 7.04. The molecule has 1 aromatic heterocycles. The number of hydrogen-bond acceptors (Lipinski definition) is 6. The lowest BCUT2D eigenvalue weighted by atomic mass is 10.0. The van der Waals surface area contributed by atoms with E-state index in [9.17, 15) is 4.79 Å². The number of aryl methyl sites for hydroxylation is 2. The third-order valence-corrected chi connectivity index (χ3v) is 6.44. The number of ether oxygens (including phenoxy) is 2. The molecule has 38 heavy (non-hydrogen) atoms. The van der Waals surface area contributed by atoms with Crippen LogP contribution in [-0.2, 0) is 22.4 Å². The maximum atomic E-state index is 12.5. The molecule has 0 bridgehead atoms. The minimum atomic E-state index is -0.836. The van der Waals surface area contributed by atoms with E-state index in [-0.39, 0.29) is 6.61 Å². The number of nitrogens with zero attached hydrogens (tertiary/aromatic N) is 2.